The number of carbonyl (C=O) groups is 1. The summed E-state index contributed by atoms with van der Waals surface area (Å²) in [5.74, 6) is -0.0274. The van der Waals surface area contributed by atoms with Gasteiger partial charge in [-0.05, 0) is 31.9 Å². The Labute approximate surface area is 168 Å². The number of piperidine rings is 1. The fourth-order valence-corrected chi connectivity index (χ4v) is 3.68. The summed E-state index contributed by atoms with van der Waals surface area (Å²) in [6.07, 6.45) is 5.98. The minimum atomic E-state index is -0.456. The van der Waals surface area contributed by atoms with E-state index >= 15 is 0 Å². The highest BCUT2D eigenvalue weighted by Gasteiger charge is 2.29. The average molecular weight is 394 g/mol. The van der Waals surface area contributed by atoms with E-state index in [0.29, 0.717) is 24.6 Å². The van der Waals surface area contributed by atoms with E-state index in [-0.39, 0.29) is 11.8 Å². The van der Waals surface area contributed by atoms with E-state index < -0.39 is 5.82 Å². The van der Waals surface area contributed by atoms with Gasteiger partial charge in [-0.3, -0.25) is 4.79 Å². The van der Waals surface area contributed by atoms with Gasteiger partial charge in [0, 0.05) is 31.7 Å². The van der Waals surface area contributed by atoms with Crippen molar-refractivity contribution < 1.29 is 9.18 Å². The molecule has 150 valence electrons. The molecular formula is C21H23FN6O. The van der Waals surface area contributed by atoms with Crippen LogP contribution in [0.1, 0.15) is 41.7 Å². The van der Waals surface area contributed by atoms with Crippen LogP contribution in [0.25, 0.3) is 5.69 Å². The van der Waals surface area contributed by atoms with E-state index in [4.69, 9.17) is 5.10 Å². The molecule has 1 N–H and O–H groups in total. The van der Waals surface area contributed by atoms with Crippen LogP contribution in [0.15, 0.2) is 48.9 Å². The predicted octanol–water partition coefficient (Wildman–Crippen LogP) is 2.94. The lowest BCUT2D eigenvalue weighted by Gasteiger charge is -2.32. The smallest absolute Gasteiger partial charge is 0.254 e. The lowest BCUT2D eigenvalue weighted by atomic mass is 9.92. The summed E-state index contributed by atoms with van der Waals surface area (Å²) < 4.78 is 14.9. The highest BCUT2D eigenvalue weighted by atomic mass is 19.1. The predicted molar refractivity (Wildman–Crippen MR) is 108 cm³/mol. The van der Waals surface area contributed by atoms with Crippen LogP contribution >= 0.6 is 0 Å². The van der Waals surface area contributed by atoms with Gasteiger partial charge in [0.05, 0.1) is 29.3 Å². The van der Waals surface area contributed by atoms with Crippen LogP contribution in [-0.4, -0.2) is 45.3 Å². The van der Waals surface area contributed by atoms with E-state index in [1.807, 2.05) is 42.2 Å². The molecule has 0 saturated carbocycles. The molecular weight excluding hydrogens is 371 g/mol. The zero-order chi connectivity index (χ0) is 20.2. The van der Waals surface area contributed by atoms with E-state index in [9.17, 15) is 9.18 Å². The summed E-state index contributed by atoms with van der Waals surface area (Å²) in [4.78, 5) is 22.9. The molecule has 3 aromatic rings. The molecule has 0 aliphatic carbocycles. The number of rotatable bonds is 5. The molecule has 0 bridgehead atoms. The van der Waals surface area contributed by atoms with Gasteiger partial charge in [0.2, 0.25) is 5.95 Å². The SMILES string of the molecule is CCNC(=O)c1cn(-c2ccccc2)nc1C1CCCN(c2ncc(F)cn2)C1. The average Bonchev–Trinajstić information content (AvgIpc) is 3.21. The lowest BCUT2D eigenvalue weighted by Crippen LogP contribution is -2.36. The zero-order valence-corrected chi connectivity index (χ0v) is 16.3. The van der Waals surface area contributed by atoms with E-state index in [1.54, 1.807) is 10.9 Å². The number of amides is 1. The van der Waals surface area contributed by atoms with Crippen LogP contribution in [0.3, 0.4) is 0 Å². The standard InChI is InChI=1S/C21H23FN6O/c1-2-23-20(29)18-14-28(17-8-4-3-5-9-17)26-19(18)15-7-6-10-27(13-15)21-24-11-16(22)12-25-21/h3-5,8-9,11-12,14-15H,2,6-7,10,13H2,1H3,(H,23,29). The fourth-order valence-electron chi connectivity index (χ4n) is 3.68. The molecule has 2 aromatic heterocycles. The first kappa shape index (κ1) is 19.0. The summed E-state index contributed by atoms with van der Waals surface area (Å²) in [6, 6.07) is 9.74. The number of aromatic nitrogens is 4. The van der Waals surface area contributed by atoms with Gasteiger partial charge in [-0.1, -0.05) is 18.2 Å². The first-order chi connectivity index (χ1) is 14.2. The highest BCUT2D eigenvalue weighted by molar-refractivity contribution is 5.95. The van der Waals surface area contributed by atoms with Gasteiger partial charge in [0.25, 0.3) is 5.91 Å². The van der Waals surface area contributed by atoms with Crippen molar-refractivity contribution in [3.63, 3.8) is 0 Å². The maximum absolute atomic E-state index is 13.2. The van der Waals surface area contributed by atoms with Crippen molar-refractivity contribution in [2.45, 2.75) is 25.7 Å². The number of halogens is 1. The Balaban J connectivity index is 1.66. The molecule has 3 heterocycles. The molecule has 1 aliphatic heterocycles. The lowest BCUT2D eigenvalue weighted by molar-refractivity contribution is 0.0954. The van der Waals surface area contributed by atoms with E-state index in [0.717, 1.165) is 30.8 Å². The maximum Gasteiger partial charge on any atom is 0.254 e. The monoisotopic (exact) mass is 394 g/mol. The van der Waals surface area contributed by atoms with E-state index in [2.05, 4.69) is 15.3 Å². The number of benzene rings is 1. The van der Waals surface area contributed by atoms with Crippen molar-refractivity contribution in [3.05, 3.63) is 66.0 Å². The van der Waals surface area contributed by atoms with Crippen LogP contribution in [-0.2, 0) is 0 Å². The molecule has 1 saturated heterocycles. The Kier molecular flexibility index (Phi) is 5.50. The van der Waals surface area contributed by atoms with Crippen LogP contribution in [0.2, 0.25) is 0 Å². The maximum atomic E-state index is 13.2. The quantitative estimate of drug-likeness (QED) is 0.720. The molecule has 1 aliphatic rings. The van der Waals surface area contributed by atoms with Crippen molar-refractivity contribution in [2.24, 2.45) is 0 Å². The third-order valence-corrected chi connectivity index (χ3v) is 5.04. The Morgan fingerprint density at radius 1 is 1.24 bits per heavy atom. The number of nitrogens with one attached hydrogen (secondary N) is 1. The van der Waals surface area contributed by atoms with Crippen molar-refractivity contribution in [1.29, 1.82) is 0 Å². The largest absolute Gasteiger partial charge is 0.352 e. The molecule has 29 heavy (non-hydrogen) atoms. The summed E-state index contributed by atoms with van der Waals surface area (Å²) in [5, 5.41) is 7.66. The van der Waals surface area contributed by atoms with Crippen LogP contribution in [0.4, 0.5) is 10.3 Å². The molecule has 8 heteroatoms. The molecule has 0 spiro atoms. The second-order valence-corrected chi connectivity index (χ2v) is 7.05. The second kappa shape index (κ2) is 8.38. The van der Waals surface area contributed by atoms with Gasteiger partial charge < -0.3 is 10.2 Å². The van der Waals surface area contributed by atoms with Crippen molar-refractivity contribution >= 4 is 11.9 Å². The zero-order valence-electron chi connectivity index (χ0n) is 16.3. The number of hydrogen-bond acceptors (Lipinski definition) is 5. The van der Waals surface area contributed by atoms with Crippen molar-refractivity contribution in [3.8, 4) is 5.69 Å². The number of hydrogen-bond donors (Lipinski definition) is 1. The normalized spacial score (nSPS) is 16.6. The number of carbonyl (C=O) groups excluding carboxylic acids is 1. The first-order valence-corrected chi connectivity index (χ1v) is 9.81. The minimum Gasteiger partial charge on any atom is -0.352 e. The summed E-state index contributed by atoms with van der Waals surface area (Å²) in [6.45, 7) is 3.87. The second-order valence-electron chi connectivity index (χ2n) is 7.05. The topological polar surface area (TPSA) is 75.9 Å². The number of nitrogens with zero attached hydrogens (tertiary/aromatic N) is 5. The third kappa shape index (κ3) is 4.11. The molecule has 0 radical (unpaired) electrons. The molecule has 1 amide bonds. The van der Waals surface area contributed by atoms with Crippen molar-refractivity contribution in [1.82, 2.24) is 25.1 Å². The minimum absolute atomic E-state index is 0.0555. The summed E-state index contributed by atoms with van der Waals surface area (Å²) >= 11 is 0. The van der Waals surface area contributed by atoms with Gasteiger partial charge in [0.15, 0.2) is 5.82 Å². The van der Waals surface area contributed by atoms with Gasteiger partial charge in [0.1, 0.15) is 0 Å². The Hall–Kier alpha value is -3.29. The third-order valence-electron chi connectivity index (χ3n) is 5.04. The van der Waals surface area contributed by atoms with Crippen LogP contribution < -0.4 is 10.2 Å². The van der Waals surface area contributed by atoms with E-state index in [1.165, 1.54) is 12.4 Å². The van der Waals surface area contributed by atoms with Crippen LogP contribution in [0, 0.1) is 5.82 Å². The van der Waals surface area contributed by atoms with Gasteiger partial charge >= 0.3 is 0 Å². The molecule has 1 unspecified atom stereocenters. The highest BCUT2D eigenvalue weighted by Crippen LogP contribution is 2.30. The van der Waals surface area contributed by atoms with Crippen LogP contribution in [0.5, 0.6) is 0 Å². The number of anilines is 1. The Morgan fingerprint density at radius 3 is 2.72 bits per heavy atom. The Bertz CT molecular complexity index is 973. The molecule has 4 rings (SSSR count). The fraction of sp³-hybridized carbons (Fsp3) is 0.333. The first-order valence-electron chi connectivity index (χ1n) is 9.81. The summed E-state index contributed by atoms with van der Waals surface area (Å²) in [5.41, 5.74) is 2.26. The molecule has 1 atom stereocenters. The molecule has 1 aromatic carbocycles. The molecule has 1 fully saturated rings. The van der Waals surface area contributed by atoms with Gasteiger partial charge in [-0.25, -0.2) is 19.0 Å². The number of para-hydroxylation sites is 1. The van der Waals surface area contributed by atoms with Gasteiger partial charge in [-0.2, -0.15) is 5.10 Å². The van der Waals surface area contributed by atoms with Gasteiger partial charge in [-0.15, -0.1) is 0 Å². The molecule has 7 nitrogen and oxygen atoms in total. The summed E-state index contributed by atoms with van der Waals surface area (Å²) in [7, 11) is 0. The van der Waals surface area contributed by atoms with Crippen molar-refractivity contribution in [2.75, 3.05) is 24.5 Å². The Morgan fingerprint density at radius 2 is 2.00 bits per heavy atom.